The first-order chi connectivity index (χ1) is 8.78. The highest BCUT2D eigenvalue weighted by Crippen LogP contribution is 2.29. The van der Waals surface area contributed by atoms with E-state index < -0.39 is 0 Å². The van der Waals surface area contributed by atoms with E-state index in [1.165, 1.54) is 5.56 Å². The van der Waals surface area contributed by atoms with Crippen LogP contribution in [0.15, 0.2) is 42.5 Å². The summed E-state index contributed by atoms with van der Waals surface area (Å²) in [7, 11) is 1.67. The molecule has 0 unspecified atom stereocenters. The first kappa shape index (κ1) is 11.0. The molecule has 2 nitrogen and oxygen atoms in total. The molecule has 3 rings (SSSR count). The van der Waals surface area contributed by atoms with E-state index in [-0.39, 0.29) is 5.78 Å². The van der Waals surface area contributed by atoms with Gasteiger partial charge in [-0.2, -0.15) is 0 Å². The first-order valence-electron chi connectivity index (χ1n) is 6.08. The predicted octanol–water partition coefficient (Wildman–Crippen LogP) is 3.49. The third-order valence-electron chi connectivity index (χ3n) is 3.43. The van der Waals surface area contributed by atoms with Crippen LogP contribution in [0.3, 0.4) is 0 Å². The van der Waals surface area contributed by atoms with Gasteiger partial charge in [0.15, 0.2) is 5.78 Å². The number of ether oxygens (including phenoxy) is 1. The van der Waals surface area contributed by atoms with Crippen molar-refractivity contribution in [1.29, 1.82) is 0 Å². The molecule has 0 fully saturated rings. The standard InChI is InChI=1S/C16H14O2/c1-18-14-4-2-3-11(10-14)12-5-7-15-13(9-12)6-8-16(15)17/h2-5,7,9-10H,6,8H2,1H3. The van der Waals surface area contributed by atoms with E-state index in [9.17, 15) is 4.79 Å². The number of carbonyl (C=O) groups excluding carboxylic acids is 1. The molecule has 0 radical (unpaired) electrons. The van der Waals surface area contributed by atoms with Crippen molar-refractivity contribution in [2.24, 2.45) is 0 Å². The molecule has 0 aliphatic heterocycles. The second-order valence-corrected chi connectivity index (χ2v) is 4.53. The van der Waals surface area contributed by atoms with Gasteiger partial charge < -0.3 is 4.74 Å². The van der Waals surface area contributed by atoms with E-state index in [2.05, 4.69) is 12.1 Å². The zero-order valence-corrected chi connectivity index (χ0v) is 10.3. The molecule has 0 saturated heterocycles. The Hall–Kier alpha value is -2.09. The van der Waals surface area contributed by atoms with E-state index in [4.69, 9.17) is 4.74 Å². The fourth-order valence-corrected chi connectivity index (χ4v) is 2.44. The number of carbonyl (C=O) groups is 1. The van der Waals surface area contributed by atoms with Gasteiger partial charge in [0.2, 0.25) is 0 Å². The van der Waals surface area contributed by atoms with Crippen LogP contribution in [-0.4, -0.2) is 12.9 Å². The van der Waals surface area contributed by atoms with Crippen LogP contribution in [0.1, 0.15) is 22.3 Å². The summed E-state index contributed by atoms with van der Waals surface area (Å²) in [5.74, 6) is 1.12. The highest BCUT2D eigenvalue weighted by molar-refractivity contribution is 6.00. The van der Waals surface area contributed by atoms with Crippen LogP contribution < -0.4 is 4.74 Å². The molecule has 0 aromatic heterocycles. The number of Topliss-reactive ketones (excluding diaryl/α,β-unsaturated/α-hetero) is 1. The lowest BCUT2D eigenvalue weighted by atomic mass is 10.0. The largest absolute Gasteiger partial charge is 0.497 e. The molecule has 0 spiro atoms. The fraction of sp³-hybridized carbons (Fsp3) is 0.188. The predicted molar refractivity (Wildman–Crippen MR) is 71.1 cm³/mol. The van der Waals surface area contributed by atoms with E-state index in [0.717, 1.165) is 28.9 Å². The number of hydrogen-bond acceptors (Lipinski definition) is 2. The maximum Gasteiger partial charge on any atom is 0.163 e. The molecule has 2 aromatic carbocycles. The summed E-state index contributed by atoms with van der Waals surface area (Å²) in [6.07, 6.45) is 1.52. The lowest BCUT2D eigenvalue weighted by Crippen LogP contribution is -1.91. The molecule has 2 heteroatoms. The summed E-state index contributed by atoms with van der Waals surface area (Å²) < 4.78 is 5.23. The fourth-order valence-electron chi connectivity index (χ4n) is 2.44. The molecule has 18 heavy (non-hydrogen) atoms. The van der Waals surface area contributed by atoms with Gasteiger partial charge >= 0.3 is 0 Å². The SMILES string of the molecule is COc1cccc(-c2ccc3c(c2)CCC3=O)c1. The van der Waals surface area contributed by atoms with Crippen LogP contribution in [0.2, 0.25) is 0 Å². The third-order valence-corrected chi connectivity index (χ3v) is 3.43. The van der Waals surface area contributed by atoms with Crippen LogP contribution in [-0.2, 0) is 6.42 Å². The Balaban J connectivity index is 2.05. The van der Waals surface area contributed by atoms with Crippen molar-refractivity contribution >= 4 is 5.78 Å². The van der Waals surface area contributed by atoms with Crippen molar-refractivity contribution < 1.29 is 9.53 Å². The monoisotopic (exact) mass is 238 g/mol. The van der Waals surface area contributed by atoms with Crippen molar-refractivity contribution in [1.82, 2.24) is 0 Å². The van der Waals surface area contributed by atoms with Gasteiger partial charge in [-0.1, -0.05) is 30.3 Å². The van der Waals surface area contributed by atoms with Crippen LogP contribution >= 0.6 is 0 Å². The molecule has 90 valence electrons. The maximum absolute atomic E-state index is 11.6. The summed E-state index contributed by atoms with van der Waals surface area (Å²) in [5, 5.41) is 0. The Morgan fingerprint density at radius 3 is 2.67 bits per heavy atom. The molecule has 0 heterocycles. The summed E-state index contributed by atoms with van der Waals surface area (Å²) in [6, 6.07) is 14.1. The summed E-state index contributed by atoms with van der Waals surface area (Å²) in [6.45, 7) is 0. The number of fused-ring (bicyclic) bond motifs is 1. The van der Waals surface area contributed by atoms with Gasteiger partial charge in [0.1, 0.15) is 5.75 Å². The van der Waals surface area contributed by atoms with Gasteiger partial charge in [-0.3, -0.25) is 4.79 Å². The third kappa shape index (κ3) is 1.80. The lowest BCUT2D eigenvalue weighted by molar-refractivity contribution is 0.0994. The van der Waals surface area contributed by atoms with Crippen LogP contribution in [0.4, 0.5) is 0 Å². The minimum absolute atomic E-state index is 0.266. The van der Waals surface area contributed by atoms with Crippen molar-refractivity contribution in [2.75, 3.05) is 7.11 Å². The van der Waals surface area contributed by atoms with Crippen LogP contribution in [0, 0.1) is 0 Å². The zero-order chi connectivity index (χ0) is 12.5. The van der Waals surface area contributed by atoms with Crippen molar-refractivity contribution in [2.45, 2.75) is 12.8 Å². The van der Waals surface area contributed by atoms with Gasteiger partial charge in [0.25, 0.3) is 0 Å². The first-order valence-corrected chi connectivity index (χ1v) is 6.08. The molecule has 0 saturated carbocycles. The normalized spacial score (nSPS) is 13.5. The minimum atomic E-state index is 0.266. The number of rotatable bonds is 2. The van der Waals surface area contributed by atoms with Crippen molar-refractivity contribution in [3.63, 3.8) is 0 Å². The Kier molecular flexibility index (Phi) is 2.63. The molecule has 0 bridgehead atoms. The second-order valence-electron chi connectivity index (χ2n) is 4.53. The Bertz CT molecular complexity index is 614. The number of aryl methyl sites for hydroxylation is 1. The van der Waals surface area contributed by atoms with Crippen molar-refractivity contribution in [3.05, 3.63) is 53.6 Å². The molecular formula is C16H14O2. The quantitative estimate of drug-likeness (QED) is 0.800. The Morgan fingerprint density at radius 1 is 1.00 bits per heavy atom. The summed E-state index contributed by atoms with van der Waals surface area (Å²) >= 11 is 0. The van der Waals surface area contributed by atoms with Gasteiger partial charge in [0, 0.05) is 12.0 Å². The molecule has 0 N–H and O–H groups in total. The van der Waals surface area contributed by atoms with Gasteiger partial charge in [-0.15, -0.1) is 0 Å². The van der Waals surface area contributed by atoms with Crippen LogP contribution in [0.25, 0.3) is 11.1 Å². The summed E-state index contributed by atoms with van der Waals surface area (Å²) in [5.41, 5.74) is 4.32. The molecule has 0 amide bonds. The average molecular weight is 238 g/mol. The Morgan fingerprint density at radius 2 is 1.83 bits per heavy atom. The molecular weight excluding hydrogens is 224 g/mol. The Labute approximate surface area is 106 Å². The number of ketones is 1. The second kappa shape index (κ2) is 4.30. The van der Waals surface area contributed by atoms with E-state index in [1.54, 1.807) is 7.11 Å². The highest BCUT2D eigenvalue weighted by Gasteiger charge is 2.19. The molecule has 1 aliphatic rings. The average Bonchev–Trinajstić information content (AvgIpc) is 2.80. The van der Waals surface area contributed by atoms with Crippen molar-refractivity contribution in [3.8, 4) is 16.9 Å². The topological polar surface area (TPSA) is 26.3 Å². The molecule has 1 aliphatic carbocycles. The van der Waals surface area contributed by atoms with Gasteiger partial charge in [-0.05, 0) is 35.2 Å². The highest BCUT2D eigenvalue weighted by atomic mass is 16.5. The van der Waals surface area contributed by atoms with Gasteiger partial charge in [0.05, 0.1) is 7.11 Å². The smallest absolute Gasteiger partial charge is 0.163 e. The zero-order valence-electron chi connectivity index (χ0n) is 10.3. The van der Waals surface area contributed by atoms with E-state index in [0.29, 0.717) is 6.42 Å². The summed E-state index contributed by atoms with van der Waals surface area (Å²) in [4.78, 5) is 11.6. The number of benzene rings is 2. The van der Waals surface area contributed by atoms with E-state index in [1.807, 2.05) is 30.3 Å². The minimum Gasteiger partial charge on any atom is -0.497 e. The number of methoxy groups -OCH3 is 1. The maximum atomic E-state index is 11.6. The van der Waals surface area contributed by atoms with Crippen LogP contribution in [0.5, 0.6) is 5.75 Å². The number of hydrogen-bond donors (Lipinski definition) is 0. The molecule has 2 aromatic rings. The van der Waals surface area contributed by atoms with Gasteiger partial charge in [-0.25, -0.2) is 0 Å². The lowest BCUT2D eigenvalue weighted by Gasteiger charge is -2.06. The molecule has 0 atom stereocenters. The van der Waals surface area contributed by atoms with E-state index >= 15 is 0 Å².